The molecule has 0 saturated carbocycles. The smallest absolute Gasteiger partial charge is 0.0244 e. The van der Waals surface area contributed by atoms with Gasteiger partial charge in [-0.3, -0.25) is 0 Å². The Morgan fingerprint density at radius 1 is 1.06 bits per heavy atom. The van der Waals surface area contributed by atoms with Gasteiger partial charge in [0.1, 0.15) is 0 Å². The molecule has 0 heterocycles. The van der Waals surface area contributed by atoms with E-state index in [0.717, 1.165) is 12.8 Å². The lowest BCUT2D eigenvalue weighted by molar-refractivity contribution is 0.925. The predicted molar refractivity (Wildman–Crippen MR) is 81.9 cm³/mol. The SMILES string of the molecule is CC(C)=CCCC(C)=CCCc1cccc(C)c1. The Balaban J connectivity index is 2.33. The molecule has 0 aliphatic carbocycles. The topological polar surface area (TPSA) is 0 Å². The quantitative estimate of drug-likeness (QED) is 0.568. The van der Waals surface area contributed by atoms with Crippen LogP contribution in [-0.2, 0) is 6.42 Å². The summed E-state index contributed by atoms with van der Waals surface area (Å²) >= 11 is 0. The maximum atomic E-state index is 2.39. The molecule has 1 rings (SSSR count). The van der Waals surface area contributed by atoms with Crippen LogP contribution in [0.1, 0.15) is 51.2 Å². The molecule has 1 aromatic rings. The molecule has 0 atom stereocenters. The lowest BCUT2D eigenvalue weighted by Gasteiger charge is -2.02. The summed E-state index contributed by atoms with van der Waals surface area (Å²) in [5.74, 6) is 0. The van der Waals surface area contributed by atoms with E-state index in [0.29, 0.717) is 0 Å². The maximum absolute atomic E-state index is 2.39. The van der Waals surface area contributed by atoms with Gasteiger partial charge in [-0.15, -0.1) is 0 Å². The van der Waals surface area contributed by atoms with Gasteiger partial charge >= 0.3 is 0 Å². The molecule has 0 aliphatic heterocycles. The Hall–Kier alpha value is -1.30. The van der Waals surface area contributed by atoms with Crippen LogP contribution in [-0.4, -0.2) is 0 Å². The fourth-order valence-electron chi connectivity index (χ4n) is 2.04. The van der Waals surface area contributed by atoms with Gasteiger partial charge in [-0.05, 0) is 58.9 Å². The number of hydrogen-bond acceptors (Lipinski definition) is 0. The minimum Gasteiger partial charge on any atom is -0.0856 e. The lowest BCUT2D eigenvalue weighted by Crippen LogP contribution is -1.85. The number of allylic oxidation sites excluding steroid dienone is 4. The van der Waals surface area contributed by atoms with E-state index >= 15 is 0 Å². The Labute approximate surface area is 112 Å². The van der Waals surface area contributed by atoms with Gasteiger partial charge in [-0.25, -0.2) is 0 Å². The van der Waals surface area contributed by atoms with Crippen molar-refractivity contribution in [1.82, 2.24) is 0 Å². The van der Waals surface area contributed by atoms with Gasteiger partial charge in [0.2, 0.25) is 0 Å². The van der Waals surface area contributed by atoms with E-state index in [-0.39, 0.29) is 0 Å². The summed E-state index contributed by atoms with van der Waals surface area (Å²) in [6.45, 7) is 8.73. The van der Waals surface area contributed by atoms with Crippen molar-refractivity contribution >= 4 is 0 Å². The summed E-state index contributed by atoms with van der Waals surface area (Å²) in [5, 5.41) is 0. The van der Waals surface area contributed by atoms with Gasteiger partial charge < -0.3 is 0 Å². The van der Waals surface area contributed by atoms with Crippen molar-refractivity contribution in [3.05, 3.63) is 58.7 Å². The summed E-state index contributed by atoms with van der Waals surface area (Å²) < 4.78 is 0. The monoisotopic (exact) mass is 242 g/mol. The molecular formula is C18H26. The van der Waals surface area contributed by atoms with Gasteiger partial charge in [0, 0.05) is 0 Å². The Bertz CT molecular complexity index is 417. The maximum Gasteiger partial charge on any atom is -0.0244 e. The van der Waals surface area contributed by atoms with Crippen LogP contribution in [0.15, 0.2) is 47.6 Å². The van der Waals surface area contributed by atoms with Gasteiger partial charge in [-0.2, -0.15) is 0 Å². The summed E-state index contributed by atoms with van der Waals surface area (Å²) in [6, 6.07) is 8.81. The third-order valence-corrected chi connectivity index (χ3v) is 3.10. The van der Waals surface area contributed by atoms with Crippen molar-refractivity contribution in [2.24, 2.45) is 0 Å². The minimum absolute atomic E-state index is 1.15. The second-order valence-electron chi connectivity index (χ2n) is 5.40. The molecule has 0 nitrogen and oxygen atoms in total. The molecule has 0 aromatic heterocycles. The first-order valence-corrected chi connectivity index (χ1v) is 6.92. The standard InChI is InChI=1S/C18H26/c1-15(2)8-5-9-16(3)10-6-12-18-13-7-11-17(4)14-18/h7-8,10-11,13-14H,5-6,9,12H2,1-4H3. The highest BCUT2D eigenvalue weighted by atomic mass is 14.0. The highest BCUT2D eigenvalue weighted by Crippen LogP contribution is 2.11. The molecule has 0 N–H and O–H groups in total. The van der Waals surface area contributed by atoms with Crippen molar-refractivity contribution in [1.29, 1.82) is 0 Å². The number of hydrogen-bond donors (Lipinski definition) is 0. The zero-order valence-corrected chi connectivity index (χ0v) is 12.3. The van der Waals surface area contributed by atoms with Crippen LogP contribution in [0.3, 0.4) is 0 Å². The first-order chi connectivity index (χ1) is 8.58. The van der Waals surface area contributed by atoms with Crippen molar-refractivity contribution in [2.75, 3.05) is 0 Å². The van der Waals surface area contributed by atoms with Crippen LogP contribution < -0.4 is 0 Å². The summed E-state index contributed by atoms with van der Waals surface area (Å²) in [5.41, 5.74) is 5.74. The zero-order chi connectivity index (χ0) is 13.4. The molecule has 0 amide bonds. The molecule has 1 aromatic carbocycles. The Morgan fingerprint density at radius 2 is 1.83 bits per heavy atom. The third kappa shape index (κ3) is 6.44. The number of aryl methyl sites for hydroxylation is 2. The van der Waals surface area contributed by atoms with E-state index in [1.165, 1.54) is 35.1 Å². The van der Waals surface area contributed by atoms with E-state index in [2.05, 4.69) is 64.1 Å². The summed E-state index contributed by atoms with van der Waals surface area (Å²) in [7, 11) is 0. The zero-order valence-electron chi connectivity index (χ0n) is 12.3. The van der Waals surface area contributed by atoms with E-state index in [1.54, 1.807) is 0 Å². The van der Waals surface area contributed by atoms with Crippen molar-refractivity contribution in [3.63, 3.8) is 0 Å². The van der Waals surface area contributed by atoms with E-state index < -0.39 is 0 Å². The first kappa shape index (κ1) is 14.8. The highest BCUT2D eigenvalue weighted by Gasteiger charge is 1.93. The molecule has 0 radical (unpaired) electrons. The van der Waals surface area contributed by atoms with Crippen LogP contribution in [0.2, 0.25) is 0 Å². The van der Waals surface area contributed by atoms with Gasteiger partial charge in [0.15, 0.2) is 0 Å². The first-order valence-electron chi connectivity index (χ1n) is 6.92. The molecule has 0 unspecified atom stereocenters. The molecule has 0 bridgehead atoms. The molecule has 18 heavy (non-hydrogen) atoms. The lowest BCUT2D eigenvalue weighted by atomic mass is 10.0. The molecule has 0 aliphatic rings. The fourth-order valence-corrected chi connectivity index (χ4v) is 2.04. The Morgan fingerprint density at radius 3 is 2.50 bits per heavy atom. The molecule has 0 saturated heterocycles. The number of rotatable bonds is 6. The fraction of sp³-hybridized carbons (Fsp3) is 0.444. The van der Waals surface area contributed by atoms with Gasteiger partial charge in [-0.1, -0.05) is 53.1 Å². The van der Waals surface area contributed by atoms with Crippen LogP contribution in [0.4, 0.5) is 0 Å². The van der Waals surface area contributed by atoms with Crippen LogP contribution in [0.5, 0.6) is 0 Å². The van der Waals surface area contributed by atoms with Gasteiger partial charge in [0.05, 0.1) is 0 Å². The Kier molecular flexibility index (Phi) is 6.49. The van der Waals surface area contributed by atoms with E-state index in [9.17, 15) is 0 Å². The van der Waals surface area contributed by atoms with Crippen molar-refractivity contribution < 1.29 is 0 Å². The average molecular weight is 242 g/mol. The minimum atomic E-state index is 1.15. The predicted octanol–water partition coefficient (Wildman–Crippen LogP) is 5.62. The molecular weight excluding hydrogens is 216 g/mol. The summed E-state index contributed by atoms with van der Waals surface area (Å²) in [4.78, 5) is 0. The molecule has 0 fully saturated rings. The van der Waals surface area contributed by atoms with Crippen molar-refractivity contribution in [3.8, 4) is 0 Å². The second kappa shape index (κ2) is 7.92. The molecule has 98 valence electrons. The van der Waals surface area contributed by atoms with Crippen LogP contribution in [0, 0.1) is 6.92 Å². The highest BCUT2D eigenvalue weighted by molar-refractivity contribution is 5.22. The van der Waals surface area contributed by atoms with Crippen LogP contribution in [0.25, 0.3) is 0 Å². The summed E-state index contributed by atoms with van der Waals surface area (Å²) in [6.07, 6.45) is 9.39. The molecule has 0 heteroatoms. The van der Waals surface area contributed by atoms with Crippen molar-refractivity contribution in [2.45, 2.75) is 53.4 Å². The van der Waals surface area contributed by atoms with E-state index in [1.807, 2.05) is 0 Å². The third-order valence-electron chi connectivity index (χ3n) is 3.10. The van der Waals surface area contributed by atoms with E-state index in [4.69, 9.17) is 0 Å². The van der Waals surface area contributed by atoms with Gasteiger partial charge in [0.25, 0.3) is 0 Å². The number of benzene rings is 1. The average Bonchev–Trinajstić information content (AvgIpc) is 2.28. The molecule has 0 spiro atoms. The largest absolute Gasteiger partial charge is 0.0856 e. The second-order valence-corrected chi connectivity index (χ2v) is 5.40. The van der Waals surface area contributed by atoms with Crippen LogP contribution >= 0.6 is 0 Å². The normalized spacial score (nSPS) is 11.4.